The average Bonchev–Trinajstić information content (AvgIpc) is 2.29. The Kier molecular flexibility index (Phi) is 5.60. The fourth-order valence-corrected chi connectivity index (χ4v) is 2.06. The Morgan fingerprint density at radius 3 is 2.05 bits per heavy atom. The fourth-order valence-electron chi connectivity index (χ4n) is 1.76. The van der Waals surface area contributed by atoms with Crippen molar-refractivity contribution in [1.82, 2.24) is 0 Å². The van der Waals surface area contributed by atoms with Crippen molar-refractivity contribution in [2.75, 3.05) is 0 Å². The van der Waals surface area contributed by atoms with E-state index in [9.17, 15) is 9.59 Å². The number of esters is 1. The Hall–Kier alpha value is -1.32. The summed E-state index contributed by atoms with van der Waals surface area (Å²) in [6, 6.07) is 4.94. The van der Waals surface area contributed by atoms with Crippen LogP contribution in [0.4, 0.5) is 0 Å². The summed E-state index contributed by atoms with van der Waals surface area (Å²) in [6.45, 7) is 8.26. The highest BCUT2D eigenvalue weighted by atomic mass is 35.5. The van der Waals surface area contributed by atoms with Gasteiger partial charge in [-0.25, -0.2) is 4.79 Å². The van der Waals surface area contributed by atoms with E-state index in [1.807, 2.05) is 0 Å². The van der Waals surface area contributed by atoms with Crippen LogP contribution in [0.2, 0.25) is 10.0 Å². The molecule has 0 saturated heterocycles. The van der Waals surface area contributed by atoms with E-state index in [0.717, 1.165) is 0 Å². The first-order chi connectivity index (χ1) is 9.53. The minimum absolute atomic E-state index is 0.0170. The lowest BCUT2D eigenvalue weighted by Gasteiger charge is -2.21. The van der Waals surface area contributed by atoms with Crippen molar-refractivity contribution >= 4 is 40.5 Å². The van der Waals surface area contributed by atoms with Crippen LogP contribution in [0.15, 0.2) is 23.8 Å². The summed E-state index contributed by atoms with van der Waals surface area (Å²) in [5, 5.41) is 0.774. The third-order valence-electron chi connectivity index (χ3n) is 2.68. The first-order valence-electron chi connectivity index (χ1n) is 6.43. The highest BCUT2D eigenvalue weighted by Gasteiger charge is 2.25. The van der Waals surface area contributed by atoms with Gasteiger partial charge in [-0.15, -0.1) is 0 Å². The molecule has 0 spiro atoms. The molecule has 0 atom stereocenters. The molecular formula is C16H18Cl2O3. The summed E-state index contributed by atoms with van der Waals surface area (Å²) in [5.74, 6) is -0.994. The van der Waals surface area contributed by atoms with Crippen LogP contribution in [-0.2, 0) is 14.3 Å². The smallest absolute Gasteiger partial charge is 0.342 e. The molecule has 0 N–H and O–H groups in total. The monoisotopic (exact) mass is 328 g/mol. The number of halogens is 2. The van der Waals surface area contributed by atoms with Crippen molar-refractivity contribution < 1.29 is 14.3 Å². The highest BCUT2D eigenvalue weighted by molar-refractivity contribution is 6.42. The second-order valence-corrected chi connectivity index (χ2v) is 6.50. The molecule has 114 valence electrons. The quantitative estimate of drug-likeness (QED) is 0.349. The van der Waals surface area contributed by atoms with Gasteiger partial charge in [0.15, 0.2) is 5.78 Å². The zero-order valence-corrected chi connectivity index (χ0v) is 14.2. The van der Waals surface area contributed by atoms with Gasteiger partial charge in [0, 0.05) is 0 Å². The van der Waals surface area contributed by atoms with Gasteiger partial charge in [0.25, 0.3) is 0 Å². The van der Waals surface area contributed by atoms with Gasteiger partial charge < -0.3 is 4.74 Å². The molecule has 3 nitrogen and oxygen atoms in total. The zero-order chi connectivity index (χ0) is 16.4. The maximum Gasteiger partial charge on any atom is 0.342 e. The van der Waals surface area contributed by atoms with Gasteiger partial charge in [-0.1, -0.05) is 29.3 Å². The number of carbonyl (C=O) groups excluding carboxylic acids is 2. The number of ether oxygens (including phenoxy) is 1. The Morgan fingerprint density at radius 2 is 1.62 bits per heavy atom. The number of carbonyl (C=O) groups is 2. The molecule has 0 aliphatic heterocycles. The van der Waals surface area contributed by atoms with Crippen LogP contribution in [0.1, 0.15) is 40.2 Å². The molecule has 0 aliphatic carbocycles. The van der Waals surface area contributed by atoms with Crippen LogP contribution >= 0.6 is 23.2 Å². The van der Waals surface area contributed by atoms with Crippen molar-refractivity contribution in [3.05, 3.63) is 39.4 Å². The van der Waals surface area contributed by atoms with E-state index in [1.165, 1.54) is 6.92 Å². The molecule has 0 aliphatic rings. The first-order valence-corrected chi connectivity index (χ1v) is 7.19. The van der Waals surface area contributed by atoms with E-state index >= 15 is 0 Å². The molecule has 0 fully saturated rings. The number of allylic oxidation sites excluding steroid dienone is 1. The van der Waals surface area contributed by atoms with E-state index in [1.54, 1.807) is 45.9 Å². The van der Waals surface area contributed by atoms with Crippen molar-refractivity contribution in [3.8, 4) is 0 Å². The lowest BCUT2D eigenvalue weighted by Crippen LogP contribution is -2.27. The zero-order valence-electron chi connectivity index (χ0n) is 12.7. The summed E-state index contributed by atoms with van der Waals surface area (Å²) in [5.41, 5.74) is 0.509. The molecule has 1 aromatic carbocycles. The maximum absolute atomic E-state index is 12.2. The predicted octanol–water partition coefficient (Wildman–Crippen LogP) is 4.70. The normalized spacial score (nSPS) is 12.7. The van der Waals surface area contributed by atoms with Gasteiger partial charge in [-0.2, -0.15) is 0 Å². The Balaban J connectivity index is 3.32. The van der Waals surface area contributed by atoms with Crippen molar-refractivity contribution in [1.29, 1.82) is 0 Å². The summed E-state index contributed by atoms with van der Waals surface area (Å²) < 4.78 is 5.28. The van der Waals surface area contributed by atoms with Gasteiger partial charge >= 0.3 is 5.97 Å². The molecule has 0 aromatic heterocycles. The lowest BCUT2D eigenvalue weighted by molar-refractivity contribution is -0.150. The van der Waals surface area contributed by atoms with E-state index in [-0.39, 0.29) is 11.4 Å². The number of Topliss-reactive ketones (excluding diaryl/α,β-unsaturated/α-hetero) is 1. The van der Waals surface area contributed by atoms with Gasteiger partial charge in [-0.3, -0.25) is 4.79 Å². The molecule has 0 heterocycles. The molecule has 0 bridgehead atoms. The molecule has 0 saturated carbocycles. The van der Waals surface area contributed by atoms with Crippen LogP contribution in [0.25, 0.3) is 5.57 Å². The van der Waals surface area contributed by atoms with E-state index in [0.29, 0.717) is 21.2 Å². The van der Waals surface area contributed by atoms with Crippen LogP contribution in [-0.4, -0.2) is 17.4 Å². The molecule has 5 heteroatoms. The maximum atomic E-state index is 12.2. The van der Waals surface area contributed by atoms with Crippen LogP contribution in [0, 0.1) is 0 Å². The van der Waals surface area contributed by atoms with Crippen LogP contribution in [0.5, 0.6) is 0 Å². The molecule has 1 aromatic rings. The van der Waals surface area contributed by atoms with Crippen LogP contribution in [0.3, 0.4) is 0 Å². The largest absolute Gasteiger partial charge is 0.456 e. The first kappa shape index (κ1) is 17.7. The average molecular weight is 329 g/mol. The SMILES string of the molecule is CC(=O)/C(C(=O)OC(C)(C)C)=C(/C)c1ccc(Cl)c(Cl)c1. The third kappa shape index (κ3) is 4.87. The number of benzene rings is 1. The molecular weight excluding hydrogens is 311 g/mol. The Bertz CT molecular complexity index is 610. The van der Waals surface area contributed by atoms with Gasteiger partial charge in [-0.05, 0) is 57.9 Å². The van der Waals surface area contributed by atoms with Gasteiger partial charge in [0.1, 0.15) is 11.2 Å². The van der Waals surface area contributed by atoms with E-state index < -0.39 is 11.6 Å². The second-order valence-electron chi connectivity index (χ2n) is 5.69. The molecule has 1 rings (SSSR count). The summed E-state index contributed by atoms with van der Waals surface area (Å²) in [7, 11) is 0. The number of ketones is 1. The minimum atomic E-state index is -0.671. The minimum Gasteiger partial charge on any atom is -0.456 e. The Morgan fingerprint density at radius 1 is 1.05 bits per heavy atom. The van der Waals surface area contributed by atoms with Crippen molar-refractivity contribution in [2.24, 2.45) is 0 Å². The number of hydrogen-bond donors (Lipinski definition) is 0. The lowest BCUT2D eigenvalue weighted by atomic mass is 9.99. The molecule has 21 heavy (non-hydrogen) atoms. The Labute approximate surface area is 134 Å². The third-order valence-corrected chi connectivity index (χ3v) is 3.42. The summed E-state index contributed by atoms with van der Waals surface area (Å²) >= 11 is 11.8. The van der Waals surface area contributed by atoms with Gasteiger partial charge in [0.05, 0.1) is 10.0 Å². The number of hydrogen-bond acceptors (Lipinski definition) is 3. The van der Waals surface area contributed by atoms with Crippen molar-refractivity contribution in [3.63, 3.8) is 0 Å². The van der Waals surface area contributed by atoms with Gasteiger partial charge in [0.2, 0.25) is 0 Å². The van der Waals surface area contributed by atoms with Crippen molar-refractivity contribution in [2.45, 2.75) is 40.2 Å². The fraction of sp³-hybridized carbons (Fsp3) is 0.375. The molecule has 0 unspecified atom stereocenters. The van der Waals surface area contributed by atoms with E-state index in [2.05, 4.69) is 0 Å². The summed E-state index contributed by atoms with van der Waals surface area (Å²) in [4.78, 5) is 24.0. The standard InChI is InChI=1S/C16H18Cl2O3/c1-9(11-6-7-12(17)13(18)8-11)14(10(2)19)15(20)21-16(3,4)5/h6-8H,1-5H3/b14-9+. The second kappa shape index (κ2) is 6.63. The summed E-state index contributed by atoms with van der Waals surface area (Å²) in [6.07, 6.45) is 0. The van der Waals surface area contributed by atoms with E-state index in [4.69, 9.17) is 27.9 Å². The topological polar surface area (TPSA) is 43.4 Å². The number of rotatable bonds is 3. The van der Waals surface area contributed by atoms with Crippen LogP contribution < -0.4 is 0 Å². The predicted molar refractivity (Wildman–Crippen MR) is 85.6 cm³/mol. The molecule has 0 radical (unpaired) electrons. The molecule has 0 amide bonds. The highest BCUT2D eigenvalue weighted by Crippen LogP contribution is 2.28.